The Labute approximate surface area is 121 Å². The fraction of sp³-hybridized carbons (Fsp3) is 0.933. The number of hydrogen-bond donors (Lipinski definition) is 2. The van der Waals surface area contributed by atoms with E-state index in [4.69, 9.17) is 4.74 Å². The van der Waals surface area contributed by atoms with Crippen LogP contribution in [0.5, 0.6) is 0 Å². The van der Waals surface area contributed by atoms with Crippen molar-refractivity contribution in [3.05, 3.63) is 0 Å². The molecule has 2 N–H and O–H groups in total. The molecule has 0 unspecified atom stereocenters. The summed E-state index contributed by atoms with van der Waals surface area (Å²) in [6.07, 6.45) is 3.59. The van der Waals surface area contributed by atoms with Gasteiger partial charge >= 0.3 is 6.09 Å². The molecule has 2 rings (SSSR count). The van der Waals surface area contributed by atoms with Gasteiger partial charge in [0.25, 0.3) is 0 Å². The molecule has 0 aromatic carbocycles. The first-order chi connectivity index (χ1) is 9.27. The number of hydrogen-bond acceptors (Lipinski definition) is 4. The van der Waals surface area contributed by atoms with Crippen molar-refractivity contribution in [2.24, 2.45) is 5.92 Å². The summed E-state index contributed by atoms with van der Waals surface area (Å²) in [4.78, 5) is 13.6. The van der Waals surface area contributed by atoms with E-state index >= 15 is 0 Å². The Morgan fingerprint density at radius 3 is 2.45 bits per heavy atom. The van der Waals surface area contributed by atoms with Crippen molar-refractivity contribution in [2.75, 3.05) is 26.2 Å². The maximum absolute atomic E-state index is 11.9. The van der Waals surface area contributed by atoms with Gasteiger partial charge in [0.15, 0.2) is 0 Å². The lowest BCUT2D eigenvalue weighted by molar-refractivity contribution is -0.0309. The molecule has 1 heterocycles. The second kappa shape index (κ2) is 5.90. The van der Waals surface area contributed by atoms with Gasteiger partial charge in [-0.1, -0.05) is 0 Å². The quantitative estimate of drug-likeness (QED) is 0.825. The molecule has 1 amide bonds. The zero-order valence-electron chi connectivity index (χ0n) is 12.9. The highest BCUT2D eigenvalue weighted by Crippen LogP contribution is 2.28. The first kappa shape index (κ1) is 15.6. The molecule has 1 aliphatic heterocycles. The van der Waals surface area contributed by atoms with E-state index in [0.717, 1.165) is 12.5 Å². The molecular formula is C15H28N2O3. The van der Waals surface area contributed by atoms with Gasteiger partial charge in [0.2, 0.25) is 0 Å². The van der Waals surface area contributed by atoms with Gasteiger partial charge in [-0.3, -0.25) is 0 Å². The Hall–Kier alpha value is -0.810. The number of carbonyl (C=O) groups is 1. The lowest BCUT2D eigenvalue weighted by Gasteiger charge is -2.38. The molecule has 2 aliphatic rings. The van der Waals surface area contributed by atoms with E-state index in [1.807, 2.05) is 20.8 Å². The molecule has 2 fully saturated rings. The molecule has 0 aromatic heterocycles. The van der Waals surface area contributed by atoms with E-state index in [1.54, 1.807) is 4.90 Å². The molecule has 20 heavy (non-hydrogen) atoms. The van der Waals surface area contributed by atoms with Crippen LogP contribution in [-0.2, 0) is 4.74 Å². The number of rotatable bonds is 4. The summed E-state index contributed by atoms with van der Waals surface area (Å²) in [5.41, 5.74) is -1.13. The van der Waals surface area contributed by atoms with E-state index in [0.29, 0.717) is 32.5 Å². The number of likely N-dealkylation sites (tertiary alicyclic amines) is 1. The molecule has 1 saturated carbocycles. The van der Waals surface area contributed by atoms with E-state index in [9.17, 15) is 9.90 Å². The summed E-state index contributed by atoms with van der Waals surface area (Å²) >= 11 is 0. The molecule has 0 bridgehead atoms. The third kappa shape index (κ3) is 4.94. The van der Waals surface area contributed by atoms with Crippen LogP contribution in [0.2, 0.25) is 0 Å². The number of ether oxygens (including phenoxy) is 1. The average molecular weight is 284 g/mol. The SMILES string of the molecule is CC(C)(C)OC(=O)N1CCC(O)(CNCC2CC2)CC1. The van der Waals surface area contributed by atoms with Crippen molar-refractivity contribution in [3.63, 3.8) is 0 Å². The highest BCUT2D eigenvalue weighted by molar-refractivity contribution is 5.68. The fourth-order valence-corrected chi connectivity index (χ4v) is 2.44. The summed E-state index contributed by atoms with van der Waals surface area (Å²) < 4.78 is 5.36. The maximum atomic E-state index is 11.9. The summed E-state index contributed by atoms with van der Waals surface area (Å²) in [6.45, 7) is 8.38. The Kier molecular flexibility index (Phi) is 4.59. The van der Waals surface area contributed by atoms with Gasteiger partial charge < -0.3 is 20.1 Å². The van der Waals surface area contributed by atoms with Gasteiger partial charge in [-0.15, -0.1) is 0 Å². The average Bonchev–Trinajstić information content (AvgIpc) is 3.11. The number of amides is 1. The van der Waals surface area contributed by atoms with Gasteiger partial charge in [0.1, 0.15) is 5.60 Å². The topological polar surface area (TPSA) is 61.8 Å². The number of aliphatic hydroxyl groups is 1. The number of nitrogens with one attached hydrogen (secondary N) is 1. The first-order valence-electron chi connectivity index (χ1n) is 7.68. The van der Waals surface area contributed by atoms with E-state index in [1.165, 1.54) is 12.8 Å². The van der Waals surface area contributed by atoms with Crippen molar-refractivity contribution in [1.29, 1.82) is 0 Å². The molecule has 116 valence electrons. The summed E-state index contributed by atoms with van der Waals surface area (Å²) in [5.74, 6) is 0.820. The Morgan fingerprint density at radius 2 is 1.95 bits per heavy atom. The van der Waals surface area contributed by atoms with Gasteiger partial charge in [-0.25, -0.2) is 4.79 Å². The van der Waals surface area contributed by atoms with Gasteiger partial charge in [-0.2, -0.15) is 0 Å². The molecule has 0 atom stereocenters. The Bertz CT molecular complexity index is 340. The van der Waals surface area contributed by atoms with Crippen LogP contribution in [0.4, 0.5) is 4.79 Å². The number of carbonyl (C=O) groups excluding carboxylic acids is 1. The number of piperidine rings is 1. The van der Waals surface area contributed by atoms with Crippen molar-refractivity contribution in [1.82, 2.24) is 10.2 Å². The Balaban J connectivity index is 1.71. The van der Waals surface area contributed by atoms with Crippen molar-refractivity contribution in [3.8, 4) is 0 Å². The highest BCUT2D eigenvalue weighted by Gasteiger charge is 2.35. The van der Waals surface area contributed by atoms with Crippen LogP contribution in [0.1, 0.15) is 46.5 Å². The Morgan fingerprint density at radius 1 is 1.35 bits per heavy atom. The van der Waals surface area contributed by atoms with Crippen molar-refractivity contribution in [2.45, 2.75) is 57.7 Å². The standard InChI is InChI=1S/C15H28N2O3/c1-14(2,3)20-13(18)17-8-6-15(19,7-9-17)11-16-10-12-4-5-12/h12,16,19H,4-11H2,1-3H3. The lowest BCUT2D eigenvalue weighted by atomic mass is 9.91. The minimum Gasteiger partial charge on any atom is -0.444 e. The van der Waals surface area contributed by atoms with Crippen LogP contribution in [0.25, 0.3) is 0 Å². The number of nitrogens with zero attached hydrogens (tertiary/aromatic N) is 1. The second-order valence-corrected chi connectivity index (χ2v) is 7.27. The van der Waals surface area contributed by atoms with Crippen LogP contribution >= 0.6 is 0 Å². The normalized spacial score (nSPS) is 22.7. The predicted octanol–water partition coefficient (Wildman–Crippen LogP) is 1.75. The fourth-order valence-electron chi connectivity index (χ4n) is 2.44. The van der Waals surface area contributed by atoms with Gasteiger partial charge in [0, 0.05) is 19.6 Å². The zero-order valence-corrected chi connectivity index (χ0v) is 12.9. The van der Waals surface area contributed by atoms with Crippen LogP contribution in [0, 0.1) is 5.92 Å². The van der Waals surface area contributed by atoms with Gasteiger partial charge in [0.05, 0.1) is 5.60 Å². The van der Waals surface area contributed by atoms with Gasteiger partial charge in [-0.05, 0) is 58.9 Å². The van der Waals surface area contributed by atoms with Crippen LogP contribution in [-0.4, -0.2) is 53.5 Å². The lowest BCUT2D eigenvalue weighted by Crippen LogP contribution is -2.52. The molecule has 0 aromatic rings. The highest BCUT2D eigenvalue weighted by atomic mass is 16.6. The molecular weight excluding hydrogens is 256 g/mol. The van der Waals surface area contributed by atoms with E-state index in [2.05, 4.69) is 5.32 Å². The molecule has 1 saturated heterocycles. The van der Waals surface area contributed by atoms with Crippen LogP contribution < -0.4 is 5.32 Å². The van der Waals surface area contributed by atoms with E-state index < -0.39 is 11.2 Å². The third-order valence-corrected chi connectivity index (χ3v) is 3.93. The minimum absolute atomic E-state index is 0.273. The summed E-state index contributed by atoms with van der Waals surface area (Å²) in [5, 5.41) is 13.9. The first-order valence-corrected chi connectivity index (χ1v) is 7.68. The summed E-state index contributed by atoms with van der Waals surface area (Å²) in [7, 11) is 0. The van der Waals surface area contributed by atoms with Crippen LogP contribution in [0.3, 0.4) is 0 Å². The molecule has 0 radical (unpaired) electrons. The second-order valence-electron chi connectivity index (χ2n) is 7.27. The minimum atomic E-state index is -0.673. The van der Waals surface area contributed by atoms with Crippen molar-refractivity contribution < 1.29 is 14.6 Å². The molecule has 1 aliphatic carbocycles. The van der Waals surface area contributed by atoms with Crippen molar-refractivity contribution >= 4 is 6.09 Å². The third-order valence-electron chi connectivity index (χ3n) is 3.93. The zero-order chi connectivity index (χ0) is 14.8. The maximum Gasteiger partial charge on any atom is 0.410 e. The van der Waals surface area contributed by atoms with Crippen LogP contribution in [0.15, 0.2) is 0 Å². The summed E-state index contributed by atoms with van der Waals surface area (Å²) in [6, 6.07) is 0. The molecule has 0 spiro atoms. The molecule has 5 nitrogen and oxygen atoms in total. The monoisotopic (exact) mass is 284 g/mol. The predicted molar refractivity (Wildman–Crippen MR) is 77.6 cm³/mol. The molecule has 5 heteroatoms. The van der Waals surface area contributed by atoms with E-state index in [-0.39, 0.29) is 6.09 Å². The smallest absolute Gasteiger partial charge is 0.410 e. The largest absolute Gasteiger partial charge is 0.444 e.